The molecule has 0 atom stereocenters. The van der Waals surface area contributed by atoms with Crippen molar-refractivity contribution < 1.29 is 14.3 Å². The molecule has 0 saturated carbocycles. The molecule has 9 heteroatoms. The fourth-order valence-electron chi connectivity index (χ4n) is 3.07. The number of esters is 1. The monoisotopic (exact) mass is 448 g/mol. The Bertz CT molecular complexity index is 1330. The van der Waals surface area contributed by atoms with Crippen molar-refractivity contribution in [1.82, 2.24) is 15.0 Å². The molecule has 1 amide bonds. The summed E-state index contributed by atoms with van der Waals surface area (Å²) in [4.78, 5) is 38.8. The van der Waals surface area contributed by atoms with Crippen molar-refractivity contribution in [1.29, 1.82) is 0 Å². The smallest absolute Gasteiger partial charge is 0.338 e. The lowest BCUT2D eigenvalue weighted by Gasteiger charge is -2.08. The van der Waals surface area contributed by atoms with Gasteiger partial charge in [0.25, 0.3) is 5.56 Å². The molecule has 8 nitrogen and oxygen atoms in total. The zero-order chi connectivity index (χ0) is 22.5. The zero-order valence-corrected chi connectivity index (χ0v) is 18.1. The number of ether oxygens (including phenoxy) is 1. The predicted molar refractivity (Wildman–Crippen MR) is 123 cm³/mol. The van der Waals surface area contributed by atoms with Crippen LogP contribution in [-0.4, -0.2) is 33.5 Å². The molecule has 2 aromatic carbocycles. The molecule has 32 heavy (non-hydrogen) atoms. The van der Waals surface area contributed by atoms with Gasteiger partial charge < -0.3 is 10.1 Å². The van der Waals surface area contributed by atoms with Gasteiger partial charge in [-0.3, -0.25) is 9.59 Å². The average molecular weight is 449 g/mol. The van der Waals surface area contributed by atoms with Crippen LogP contribution in [0.15, 0.2) is 65.5 Å². The van der Waals surface area contributed by atoms with Crippen molar-refractivity contribution in [2.75, 3.05) is 11.9 Å². The highest BCUT2D eigenvalue weighted by Crippen LogP contribution is 2.30. The molecule has 0 aliphatic carbocycles. The van der Waals surface area contributed by atoms with Gasteiger partial charge in [-0.2, -0.15) is 0 Å². The molecule has 2 aromatic heterocycles. The van der Waals surface area contributed by atoms with Gasteiger partial charge in [0.15, 0.2) is 4.83 Å². The van der Waals surface area contributed by atoms with Gasteiger partial charge in [-0.15, -0.1) is 16.4 Å². The number of benzene rings is 2. The van der Waals surface area contributed by atoms with Crippen molar-refractivity contribution in [2.45, 2.75) is 19.9 Å². The summed E-state index contributed by atoms with van der Waals surface area (Å²) in [5.41, 5.74) is 1.35. The molecule has 4 aromatic rings. The van der Waals surface area contributed by atoms with Crippen molar-refractivity contribution in [3.63, 3.8) is 0 Å². The molecule has 0 aliphatic heterocycles. The molecule has 2 heterocycles. The van der Waals surface area contributed by atoms with Crippen LogP contribution in [0.4, 0.5) is 5.69 Å². The molecule has 0 fully saturated rings. The van der Waals surface area contributed by atoms with E-state index < -0.39 is 11.9 Å². The van der Waals surface area contributed by atoms with Crippen LogP contribution < -0.4 is 10.9 Å². The van der Waals surface area contributed by atoms with Gasteiger partial charge in [-0.25, -0.2) is 9.48 Å². The van der Waals surface area contributed by atoms with Crippen LogP contribution in [0.25, 0.3) is 20.7 Å². The van der Waals surface area contributed by atoms with E-state index in [0.29, 0.717) is 28.1 Å². The Labute approximate surface area is 187 Å². The summed E-state index contributed by atoms with van der Waals surface area (Å²) in [6.07, 6.45) is 0.721. The SMILES string of the molecule is CCCOC(=O)c1cccc(NC(=O)Cn2nnc3sc(-c4ccccc4)cc3c2=O)c1. The minimum Gasteiger partial charge on any atom is -0.462 e. The summed E-state index contributed by atoms with van der Waals surface area (Å²) in [5.74, 6) is -0.916. The molecular weight excluding hydrogens is 428 g/mol. The average Bonchev–Trinajstić information content (AvgIpc) is 3.25. The van der Waals surface area contributed by atoms with E-state index in [2.05, 4.69) is 15.6 Å². The van der Waals surface area contributed by atoms with Gasteiger partial charge in [0.05, 0.1) is 17.6 Å². The van der Waals surface area contributed by atoms with Gasteiger partial charge >= 0.3 is 5.97 Å². The Morgan fingerprint density at radius 1 is 1.09 bits per heavy atom. The van der Waals surface area contributed by atoms with E-state index >= 15 is 0 Å². The van der Waals surface area contributed by atoms with E-state index in [9.17, 15) is 14.4 Å². The molecule has 0 unspecified atom stereocenters. The maximum Gasteiger partial charge on any atom is 0.338 e. The zero-order valence-electron chi connectivity index (χ0n) is 17.3. The Morgan fingerprint density at radius 2 is 1.91 bits per heavy atom. The minimum absolute atomic E-state index is 0.303. The maximum absolute atomic E-state index is 12.8. The molecule has 0 bridgehead atoms. The summed E-state index contributed by atoms with van der Waals surface area (Å²) in [6.45, 7) is 1.93. The quantitative estimate of drug-likeness (QED) is 0.432. The second-order valence-electron chi connectivity index (χ2n) is 7.01. The molecule has 162 valence electrons. The van der Waals surface area contributed by atoms with E-state index in [0.717, 1.165) is 21.5 Å². The van der Waals surface area contributed by atoms with Crippen molar-refractivity contribution in [3.8, 4) is 10.4 Å². The summed E-state index contributed by atoms with van der Waals surface area (Å²) in [7, 11) is 0. The first-order valence-corrected chi connectivity index (χ1v) is 10.9. The summed E-state index contributed by atoms with van der Waals surface area (Å²) in [6, 6.07) is 17.9. The number of carbonyl (C=O) groups excluding carboxylic acids is 2. The number of rotatable bonds is 7. The number of aromatic nitrogens is 3. The van der Waals surface area contributed by atoms with Gasteiger partial charge in [0.2, 0.25) is 5.91 Å². The first-order valence-electron chi connectivity index (χ1n) is 10.0. The second-order valence-corrected chi connectivity index (χ2v) is 8.04. The lowest BCUT2D eigenvalue weighted by molar-refractivity contribution is -0.117. The standard InChI is InChI=1S/C23H20N4O4S/c1-2-11-31-23(30)16-9-6-10-17(12-16)24-20(28)14-27-22(29)18-13-19(32-21(18)25-26-27)15-7-4-3-5-8-15/h3-10,12-13H,2,11,14H2,1H3,(H,24,28). The molecule has 0 aliphatic rings. The largest absolute Gasteiger partial charge is 0.462 e. The summed E-state index contributed by atoms with van der Waals surface area (Å²) in [5, 5.41) is 11.1. The Balaban J connectivity index is 1.50. The van der Waals surface area contributed by atoms with Crippen LogP contribution in [-0.2, 0) is 16.1 Å². The van der Waals surface area contributed by atoms with Crippen molar-refractivity contribution in [2.24, 2.45) is 0 Å². The lowest BCUT2D eigenvalue weighted by atomic mass is 10.2. The van der Waals surface area contributed by atoms with Gasteiger partial charge in [0, 0.05) is 10.6 Å². The van der Waals surface area contributed by atoms with E-state index in [1.54, 1.807) is 24.3 Å². The van der Waals surface area contributed by atoms with Crippen molar-refractivity contribution >= 4 is 39.1 Å². The van der Waals surface area contributed by atoms with Crippen LogP contribution in [0.3, 0.4) is 0 Å². The number of hydrogen-bond donors (Lipinski definition) is 1. The first kappa shape index (κ1) is 21.4. The molecule has 0 radical (unpaired) electrons. The third kappa shape index (κ3) is 4.73. The number of anilines is 1. The number of thiophene rings is 1. The Hall–Kier alpha value is -3.85. The number of amides is 1. The van der Waals surface area contributed by atoms with E-state index in [1.807, 2.05) is 37.3 Å². The fourth-order valence-corrected chi connectivity index (χ4v) is 4.04. The highest BCUT2D eigenvalue weighted by molar-refractivity contribution is 7.21. The lowest BCUT2D eigenvalue weighted by Crippen LogP contribution is -2.30. The number of hydrogen-bond acceptors (Lipinski definition) is 7. The van der Waals surface area contributed by atoms with E-state index in [1.165, 1.54) is 17.4 Å². The summed E-state index contributed by atoms with van der Waals surface area (Å²) >= 11 is 1.37. The number of fused-ring (bicyclic) bond motifs is 1. The molecule has 4 rings (SSSR count). The Morgan fingerprint density at radius 3 is 2.69 bits per heavy atom. The third-order valence-corrected chi connectivity index (χ3v) is 5.66. The van der Waals surface area contributed by atoms with Crippen molar-refractivity contribution in [3.05, 3.63) is 76.6 Å². The number of nitrogens with zero attached hydrogens (tertiary/aromatic N) is 3. The van der Waals surface area contributed by atoms with Crippen LogP contribution in [0.5, 0.6) is 0 Å². The van der Waals surface area contributed by atoms with Crippen LogP contribution in [0.2, 0.25) is 0 Å². The first-order chi connectivity index (χ1) is 15.5. The number of carbonyl (C=O) groups is 2. The van der Waals surface area contributed by atoms with Gasteiger partial charge in [0.1, 0.15) is 6.54 Å². The van der Waals surface area contributed by atoms with E-state index in [-0.39, 0.29) is 12.1 Å². The van der Waals surface area contributed by atoms with Crippen LogP contribution in [0.1, 0.15) is 23.7 Å². The second kappa shape index (κ2) is 9.52. The third-order valence-electron chi connectivity index (χ3n) is 4.59. The highest BCUT2D eigenvalue weighted by Gasteiger charge is 2.14. The fraction of sp³-hybridized carbons (Fsp3) is 0.174. The molecule has 0 saturated heterocycles. The summed E-state index contributed by atoms with van der Waals surface area (Å²) < 4.78 is 6.14. The molecular formula is C23H20N4O4S. The van der Waals surface area contributed by atoms with Gasteiger partial charge in [-0.05, 0) is 36.2 Å². The minimum atomic E-state index is -0.460. The highest BCUT2D eigenvalue weighted by atomic mass is 32.1. The number of nitrogens with one attached hydrogen (secondary N) is 1. The normalized spacial score (nSPS) is 10.8. The molecule has 1 N–H and O–H groups in total. The van der Waals surface area contributed by atoms with Crippen LogP contribution >= 0.6 is 11.3 Å². The molecule has 0 spiro atoms. The Kier molecular flexibility index (Phi) is 6.37. The topological polar surface area (TPSA) is 103 Å². The van der Waals surface area contributed by atoms with Crippen LogP contribution in [0, 0.1) is 0 Å². The van der Waals surface area contributed by atoms with E-state index in [4.69, 9.17) is 4.74 Å². The predicted octanol–water partition coefficient (Wildman–Crippen LogP) is 3.73. The maximum atomic E-state index is 12.8. The van der Waals surface area contributed by atoms with Gasteiger partial charge in [-0.1, -0.05) is 48.5 Å².